The number of pyridine rings is 1. The summed E-state index contributed by atoms with van der Waals surface area (Å²) in [6.45, 7) is 3.61. The molecule has 10 heteroatoms. The first-order chi connectivity index (χ1) is 19.4. The van der Waals surface area contributed by atoms with Crippen LogP contribution in [-0.2, 0) is 24.4 Å². The van der Waals surface area contributed by atoms with Crippen molar-refractivity contribution in [1.82, 2.24) is 19.4 Å². The minimum absolute atomic E-state index is 0.0847. The fraction of sp³-hybridized carbons (Fsp3) is 0.300. The Morgan fingerprint density at radius 3 is 2.70 bits per heavy atom. The Bertz CT molecular complexity index is 1600. The Kier molecular flexibility index (Phi) is 7.27. The molecule has 1 fully saturated rings. The second-order valence-electron chi connectivity index (χ2n) is 10.0. The lowest BCUT2D eigenvalue weighted by Crippen LogP contribution is -2.33. The summed E-state index contributed by atoms with van der Waals surface area (Å²) in [6, 6.07) is 14.3. The number of hydrogen-bond acceptors (Lipinski definition) is 6. The normalized spacial score (nSPS) is 17.4. The summed E-state index contributed by atoms with van der Waals surface area (Å²) in [5, 5.41) is 9.47. The lowest BCUT2D eigenvalue weighted by Gasteiger charge is -2.29. The molecule has 1 saturated heterocycles. The molecule has 2 aromatic heterocycles. The smallest absolute Gasteiger partial charge is 0.335 e. The van der Waals surface area contributed by atoms with E-state index in [4.69, 9.17) is 14.5 Å². The Labute approximate surface area is 229 Å². The van der Waals surface area contributed by atoms with Gasteiger partial charge >= 0.3 is 5.97 Å². The molecule has 0 aliphatic carbocycles. The fourth-order valence-corrected chi connectivity index (χ4v) is 5.01. The van der Waals surface area contributed by atoms with E-state index in [9.17, 15) is 18.7 Å². The molecule has 1 atom stereocenters. The van der Waals surface area contributed by atoms with Gasteiger partial charge in [0, 0.05) is 25.8 Å². The molecule has 0 unspecified atom stereocenters. The number of benzene rings is 2. The van der Waals surface area contributed by atoms with Crippen molar-refractivity contribution < 1.29 is 28.2 Å². The van der Waals surface area contributed by atoms with Gasteiger partial charge in [-0.3, -0.25) is 4.90 Å². The van der Waals surface area contributed by atoms with Crippen LogP contribution in [0.3, 0.4) is 0 Å². The minimum Gasteiger partial charge on any atom is -0.478 e. The number of aromatic carboxylic acids is 1. The third kappa shape index (κ3) is 5.59. The van der Waals surface area contributed by atoms with Crippen LogP contribution in [0.5, 0.6) is 5.88 Å². The number of carboxylic acids is 1. The van der Waals surface area contributed by atoms with Gasteiger partial charge in [-0.05, 0) is 60.4 Å². The summed E-state index contributed by atoms with van der Waals surface area (Å²) in [5.74, 6) is -1.46. The number of hydrogen-bond donors (Lipinski definition) is 1. The van der Waals surface area contributed by atoms with Gasteiger partial charge in [-0.1, -0.05) is 18.2 Å². The van der Waals surface area contributed by atoms with Gasteiger partial charge in [0.15, 0.2) is 11.6 Å². The van der Waals surface area contributed by atoms with Crippen LogP contribution in [-0.4, -0.2) is 56.3 Å². The summed E-state index contributed by atoms with van der Waals surface area (Å²) in [6.07, 6.45) is 4.02. The van der Waals surface area contributed by atoms with E-state index in [0.29, 0.717) is 31.1 Å². The third-order valence-corrected chi connectivity index (χ3v) is 7.34. The van der Waals surface area contributed by atoms with Crippen LogP contribution < -0.4 is 4.74 Å². The van der Waals surface area contributed by atoms with Crippen LogP contribution in [0.25, 0.3) is 16.6 Å². The van der Waals surface area contributed by atoms with Gasteiger partial charge in [-0.25, -0.2) is 23.5 Å². The molecular weight excluding hydrogens is 518 g/mol. The zero-order valence-corrected chi connectivity index (χ0v) is 21.7. The summed E-state index contributed by atoms with van der Waals surface area (Å²) in [5.41, 5.74) is 4.27. The fourth-order valence-electron chi connectivity index (χ4n) is 5.01. The number of fused-ring (bicyclic) bond motifs is 1. The van der Waals surface area contributed by atoms with E-state index in [0.717, 1.165) is 66.3 Å². The first-order valence-electron chi connectivity index (χ1n) is 13.2. The molecule has 0 radical (unpaired) electrons. The number of imidazole rings is 1. The van der Waals surface area contributed by atoms with Gasteiger partial charge in [0.05, 0.1) is 41.5 Å². The number of rotatable bonds is 9. The number of carbonyl (C=O) groups is 1. The van der Waals surface area contributed by atoms with Gasteiger partial charge in [0.2, 0.25) is 5.88 Å². The zero-order valence-electron chi connectivity index (χ0n) is 21.7. The van der Waals surface area contributed by atoms with E-state index in [2.05, 4.69) is 20.5 Å². The monoisotopic (exact) mass is 546 g/mol. The first-order valence-corrected chi connectivity index (χ1v) is 13.2. The van der Waals surface area contributed by atoms with Crippen LogP contribution in [0.2, 0.25) is 0 Å². The molecule has 1 N–H and O–H groups in total. The maximum absolute atomic E-state index is 13.5. The Morgan fingerprint density at radius 2 is 1.98 bits per heavy atom. The summed E-state index contributed by atoms with van der Waals surface area (Å²) < 4.78 is 40.2. The summed E-state index contributed by atoms with van der Waals surface area (Å²) in [4.78, 5) is 23.3. The van der Waals surface area contributed by atoms with Crippen LogP contribution >= 0.6 is 0 Å². The van der Waals surface area contributed by atoms with Gasteiger partial charge in [0.25, 0.3) is 0 Å². The standard InChI is InChI=1S/C30H28F2N4O4/c31-23-6-4-19(14-24(23)32)18-40-29-3-1-2-25(34-29)20-8-11-35(12-9-20)17-28-33-26-7-5-21(30(37)38)15-27(26)36(28)16-22-10-13-39-22/h1-8,14-15,22H,9-13,16-18H2,(H,37,38)/t22-/m0/s1. The SMILES string of the molecule is O=C(O)c1ccc2nc(CN3CC=C(c4cccc(OCc5ccc(F)c(F)c5)n4)CC3)n(C[C@@H]3CCO3)c2c1. The van der Waals surface area contributed by atoms with Crippen LogP contribution in [0.15, 0.2) is 60.7 Å². The number of carboxylic acid groups (broad SMARTS) is 1. The van der Waals surface area contributed by atoms with Gasteiger partial charge in [-0.2, -0.15) is 0 Å². The highest BCUT2D eigenvalue weighted by molar-refractivity contribution is 5.92. The first kappa shape index (κ1) is 26.1. The second-order valence-corrected chi connectivity index (χ2v) is 10.0. The number of aromatic nitrogens is 3. The number of nitrogens with zero attached hydrogens (tertiary/aromatic N) is 4. The molecule has 206 valence electrons. The zero-order chi connectivity index (χ0) is 27.6. The molecule has 8 nitrogen and oxygen atoms in total. The van der Waals surface area contributed by atoms with Crippen LogP contribution in [0.1, 0.15) is 40.3 Å². The van der Waals surface area contributed by atoms with Crippen molar-refractivity contribution in [2.75, 3.05) is 19.7 Å². The second kappa shape index (κ2) is 11.1. The van der Waals surface area contributed by atoms with Gasteiger partial charge in [-0.15, -0.1) is 0 Å². The molecule has 0 bridgehead atoms. The molecule has 2 aliphatic rings. The molecule has 6 rings (SSSR count). The van der Waals surface area contributed by atoms with Gasteiger partial charge in [0.1, 0.15) is 12.4 Å². The Balaban J connectivity index is 1.14. The molecule has 0 saturated carbocycles. The quantitative estimate of drug-likeness (QED) is 0.314. The molecule has 2 aromatic carbocycles. The van der Waals surface area contributed by atoms with E-state index in [1.807, 2.05) is 12.1 Å². The van der Waals surface area contributed by atoms with Crippen molar-refractivity contribution in [2.24, 2.45) is 0 Å². The van der Waals surface area contributed by atoms with Crippen LogP contribution in [0.4, 0.5) is 8.78 Å². The van der Waals surface area contributed by atoms with Crippen molar-refractivity contribution in [3.63, 3.8) is 0 Å². The molecule has 4 heterocycles. The summed E-state index contributed by atoms with van der Waals surface area (Å²) >= 11 is 0. The highest BCUT2D eigenvalue weighted by atomic mass is 19.2. The third-order valence-electron chi connectivity index (χ3n) is 7.34. The van der Waals surface area contributed by atoms with E-state index >= 15 is 0 Å². The van der Waals surface area contributed by atoms with E-state index < -0.39 is 17.6 Å². The highest BCUT2D eigenvalue weighted by Gasteiger charge is 2.24. The number of ether oxygens (including phenoxy) is 2. The maximum atomic E-state index is 13.5. The largest absolute Gasteiger partial charge is 0.478 e. The molecular formula is C30H28F2N4O4. The van der Waals surface area contributed by atoms with E-state index in [1.165, 1.54) is 6.07 Å². The van der Waals surface area contributed by atoms with Crippen molar-refractivity contribution in [3.8, 4) is 5.88 Å². The predicted octanol–water partition coefficient (Wildman–Crippen LogP) is 5.06. The van der Waals surface area contributed by atoms with E-state index in [1.54, 1.807) is 24.3 Å². The molecule has 40 heavy (non-hydrogen) atoms. The predicted molar refractivity (Wildman–Crippen MR) is 144 cm³/mol. The van der Waals surface area contributed by atoms with Gasteiger partial charge < -0.3 is 19.1 Å². The molecule has 0 amide bonds. The topological polar surface area (TPSA) is 89.7 Å². The molecule has 2 aliphatic heterocycles. The average molecular weight is 547 g/mol. The Hall–Kier alpha value is -4.15. The minimum atomic E-state index is -0.961. The van der Waals surface area contributed by atoms with Crippen molar-refractivity contribution in [2.45, 2.75) is 38.6 Å². The van der Waals surface area contributed by atoms with Crippen molar-refractivity contribution >= 4 is 22.6 Å². The molecule has 0 spiro atoms. The summed E-state index contributed by atoms with van der Waals surface area (Å²) in [7, 11) is 0. The van der Waals surface area contributed by atoms with Crippen molar-refractivity contribution in [3.05, 3.63) is 95.0 Å². The lowest BCUT2D eigenvalue weighted by molar-refractivity contribution is -0.0591. The lowest BCUT2D eigenvalue weighted by atomic mass is 10.0. The highest BCUT2D eigenvalue weighted by Crippen LogP contribution is 2.26. The maximum Gasteiger partial charge on any atom is 0.335 e. The molecule has 4 aromatic rings. The van der Waals surface area contributed by atoms with Crippen LogP contribution in [0, 0.1) is 11.6 Å². The number of halogens is 2. The average Bonchev–Trinajstić information content (AvgIpc) is 3.27. The van der Waals surface area contributed by atoms with Crippen molar-refractivity contribution in [1.29, 1.82) is 0 Å². The Morgan fingerprint density at radius 1 is 1.10 bits per heavy atom. The van der Waals surface area contributed by atoms with E-state index in [-0.39, 0.29) is 18.3 Å².